The first-order chi connectivity index (χ1) is 24.9. The van der Waals surface area contributed by atoms with Gasteiger partial charge in [-0.1, -0.05) is 129 Å². The lowest BCUT2D eigenvalue weighted by atomic mass is 9.44. The standard InChI is InChI=1S/C20H34O2.C11H16O2.C9H16.C6H8O3.8CH4/c1-6-14(4)18(21)22-19(5,13(2)3)20-10-15-7-16(11-20)9-17(8-15)12-20;1-5-6(2)8-3-7(5)9-4-13-11(12)10(8)9;1-6-7(2)9-4-3-8(6)5-9;1-3-4(2)6(8)9-5(3)7;;;;;;;;/h13-17H,6-12H2,1-5H3;5-10H,3-4H2,1-2H3;6-9H,3-5H2,1-2H3;3-4H,1-2H3;8*1H4. The topological polar surface area (TPSA) is 96.0 Å². The summed E-state index contributed by atoms with van der Waals surface area (Å²) in [6.07, 6.45) is 15.0. The summed E-state index contributed by atoms with van der Waals surface area (Å²) in [6.45, 7) is 24.5. The number of rotatable bonds is 5. The molecule has 14 atom stereocenters. The van der Waals surface area contributed by atoms with E-state index in [4.69, 9.17) is 9.47 Å². The van der Waals surface area contributed by atoms with Crippen LogP contribution >= 0.6 is 0 Å². The summed E-state index contributed by atoms with van der Waals surface area (Å²) in [7, 11) is 0. The second kappa shape index (κ2) is 24.4. The minimum atomic E-state index is -0.396. The predicted octanol–water partition coefficient (Wildman–Crippen LogP) is 15.0. The average Bonchev–Trinajstić information content (AvgIpc) is 3.96. The Balaban J connectivity index is -0.000000750. The smallest absolute Gasteiger partial charge is 0.317 e. The molecule has 0 radical (unpaired) electrons. The molecule has 2 aliphatic heterocycles. The molecule has 2 heterocycles. The van der Waals surface area contributed by atoms with Gasteiger partial charge in [0, 0.05) is 11.3 Å². The number of cyclic esters (lactones) is 3. The van der Waals surface area contributed by atoms with Gasteiger partial charge in [-0.05, 0) is 149 Å². The molecule has 2 saturated heterocycles. The summed E-state index contributed by atoms with van der Waals surface area (Å²) in [4.78, 5) is 45.1. The van der Waals surface area contributed by atoms with Gasteiger partial charge in [-0.25, -0.2) is 0 Å². The molecule has 0 aromatic rings. The van der Waals surface area contributed by atoms with Crippen molar-refractivity contribution in [2.45, 2.75) is 212 Å². The third-order valence-corrected chi connectivity index (χ3v) is 17.9. The van der Waals surface area contributed by atoms with Crippen molar-refractivity contribution in [1.29, 1.82) is 0 Å². The summed E-state index contributed by atoms with van der Waals surface area (Å²) in [6, 6.07) is 0. The fraction of sp³-hybridized carbons (Fsp3) is 0.926. The number of ether oxygens (including phenoxy) is 3. The maximum atomic E-state index is 12.6. The fourth-order valence-corrected chi connectivity index (χ4v) is 13.6. The van der Waals surface area contributed by atoms with Gasteiger partial charge < -0.3 is 14.2 Å². The first-order valence-corrected chi connectivity index (χ1v) is 22.1. The fourth-order valence-electron chi connectivity index (χ4n) is 13.6. The molecule has 8 aliphatic carbocycles. The SMILES string of the molecule is C.C.C.C.C.C.C.C.CC1C(=O)OC(=O)C1C.CC1C(C)C2CC1C1COC(=O)C21.CC1C2CCC(C2)C1C.CCC(C)C(=O)OC(C)(C(C)C)C12CC3CC(CC(C3)C1)C2. The molecular formula is C54H106O7. The average molecular weight is 867 g/mol. The van der Waals surface area contributed by atoms with Crippen molar-refractivity contribution in [3.63, 3.8) is 0 Å². The van der Waals surface area contributed by atoms with E-state index in [0.717, 1.165) is 65.6 Å². The van der Waals surface area contributed by atoms with E-state index >= 15 is 0 Å². The maximum Gasteiger partial charge on any atom is 0.317 e. The largest absolute Gasteiger partial charge is 0.465 e. The first kappa shape index (κ1) is 63.4. The summed E-state index contributed by atoms with van der Waals surface area (Å²) < 4.78 is 15.8. The third-order valence-electron chi connectivity index (χ3n) is 17.9. The first-order valence-electron chi connectivity index (χ1n) is 22.1. The van der Waals surface area contributed by atoms with E-state index in [0.29, 0.717) is 24.4 Å². The summed E-state index contributed by atoms with van der Waals surface area (Å²) in [5, 5.41) is 0. The molecule has 0 aromatic carbocycles. The predicted molar refractivity (Wildman–Crippen MR) is 260 cm³/mol. The molecule has 10 fully saturated rings. The highest BCUT2D eigenvalue weighted by molar-refractivity contribution is 5.95. The highest BCUT2D eigenvalue weighted by atomic mass is 16.6. The van der Waals surface area contributed by atoms with Gasteiger partial charge >= 0.3 is 23.9 Å². The van der Waals surface area contributed by atoms with E-state index in [1.54, 1.807) is 20.3 Å². The quantitative estimate of drug-likeness (QED) is 0.154. The van der Waals surface area contributed by atoms with Crippen molar-refractivity contribution in [2.75, 3.05) is 6.61 Å². The molecule has 8 bridgehead atoms. The lowest BCUT2D eigenvalue weighted by Crippen LogP contribution is -2.61. The van der Waals surface area contributed by atoms with Crippen molar-refractivity contribution in [2.24, 2.45) is 106 Å². The van der Waals surface area contributed by atoms with Gasteiger partial charge in [0.05, 0.1) is 30.3 Å². The molecule has 10 aliphatic rings. The van der Waals surface area contributed by atoms with Crippen LogP contribution in [-0.2, 0) is 33.4 Å². The van der Waals surface area contributed by atoms with E-state index in [1.807, 2.05) is 6.92 Å². The van der Waals surface area contributed by atoms with Crippen LogP contribution in [0.5, 0.6) is 0 Å². The van der Waals surface area contributed by atoms with Gasteiger partial charge in [0.1, 0.15) is 5.60 Å². The van der Waals surface area contributed by atoms with Crippen LogP contribution in [0.4, 0.5) is 0 Å². The van der Waals surface area contributed by atoms with Gasteiger partial charge in [-0.2, -0.15) is 0 Å². The van der Waals surface area contributed by atoms with Crippen LogP contribution in [0.3, 0.4) is 0 Å². The van der Waals surface area contributed by atoms with E-state index < -0.39 is 11.9 Å². The van der Waals surface area contributed by atoms with Gasteiger partial charge in [0.25, 0.3) is 0 Å². The third kappa shape index (κ3) is 11.7. The van der Waals surface area contributed by atoms with Crippen LogP contribution in [0.1, 0.15) is 206 Å². The van der Waals surface area contributed by atoms with E-state index in [1.165, 1.54) is 57.8 Å². The molecule has 61 heavy (non-hydrogen) atoms. The van der Waals surface area contributed by atoms with Crippen LogP contribution in [0, 0.1) is 106 Å². The minimum Gasteiger partial charge on any atom is -0.465 e. The van der Waals surface area contributed by atoms with E-state index in [2.05, 4.69) is 60.1 Å². The molecule has 7 heteroatoms. The number of hydrogen-bond acceptors (Lipinski definition) is 7. The monoisotopic (exact) mass is 867 g/mol. The van der Waals surface area contributed by atoms with Crippen LogP contribution in [0.15, 0.2) is 0 Å². The number of carbonyl (C=O) groups is 4. The highest BCUT2D eigenvalue weighted by Crippen LogP contribution is 2.66. The number of esters is 4. The molecule has 0 aromatic heterocycles. The molecule has 14 unspecified atom stereocenters. The summed E-state index contributed by atoms with van der Waals surface area (Å²) in [5.41, 5.74) is -0.0391. The van der Waals surface area contributed by atoms with Crippen molar-refractivity contribution < 1.29 is 33.4 Å². The van der Waals surface area contributed by atoms with Crippen molar-refractivity contribution in [3.05, 3.63) is 0 Å². The minimum absolute atomic E-state index is 0. The molecule has 7 nitrogen and oxygen atoms in total. The van der Waals surface area contributed by atoms with Crippen LogP contribution in [0.25, 0.3) is 0 Å². The zero-order valence-electron chi connectivity index (χ0n) is 35.2. The highest BCUT2D eigenvalue weighted by Gasteiger charge is 2.62. The van der Waals surface area contributed by atoms with Crippen molar-refractivity contribution >= 4 is 23.9 Å². The molecule has 0 amide bonds. The molecule has 10 rings (SSSR count). The van der Waals surface area contributed by atoms with Crippen molar-refractivity contribution in [3.8, 4) is 0 Å². The number of carbonyl (C=O) groups excluding carboxylic acids is 4. The van der Waals surface area contributed by atoms with Crippen LogP contribution in [0.2, 0.25) is 0 Å². The number of hydrogen-bond donors (Lipinski definition) is 0. The van der Waals surface area contributed by atoms with Gasteiger partial charge in [-0.3, -0.25) is 19.2 Å². The normalized spacial score (nSPS) is 40.5. The number of fused-ring (bicyclic) bond motifs is 7. The lowest BCUT2D eigenvalue weighted by Gasteiger charge is -2.63. The zero-order chi connectivity index (χ0) is 38.7. The van der Waals surface area contributed by atoms with Gasteiger partial charge in [0.15, 0.2) is 0 Å². The Morgan fingerprint density at radius 3 is 1.41 bits per heavy atom. The molecule has 0 N–H and O–H groups in total. The Kier molecular flexibility index (Phi) is 25.3. The second-order valence-corrected chi connectivity index (χ2v) is 20.7. The molecule has 364 valence electrons. The summed E-state index contributed by atoms with van der Waals surface area (Å²) >= 11 is 0. The Labute approximate surface area is 380 Å². The second-order valence-electron chi connectivity index (χ2n) is 20.7. The van der Waals surface area contributed by atoms with Gasteiger partial charge in [-0.15, -0.1) is 0 Å². The Hall–Kier alpha value is -1.92. The van der Waals surface area contributed by atoms with Crippen molar-refractivity contribution in [1.82, 2.24) is 0 Å². The molecule has 0 spiro atoms. The molecular weight excluding hydrogens is 761 g/mol. The Morgan fingerprint density at radius 2 is 1.07 bits per heavy atom. The Morgan fingerprint density at radius 1 is 0.639 bits per heavy atom. The lowest BCUT2D eigenvalue weighted by molar-refractivity contribution is -0.220. The Bertz CT molecular complexity index is 1300. The van der Waals surface area contributed by atoms with E-state index in [9.17, 15) is 19.2 Å². The summed E-state index contributed by atoms with van der Waals surface area (Å²) in [5.74, 6) is 10.0. The maximum absolute atomic E-state index is 12.6. The van der Waals surface area contributed by atoms with Gasteiger partial charge in [0.2, 0.25) is 0 Å². The van der Waals surface area contributed by atoms with E-state index in [-0.39, 0.29) is 106 Å². The van der Waals surface area contributed by atoms with Crippen LogP contribution in [-0.4, -0.2) is 36.1 Å². The molecule has 8 saturated carbocycles. The zero-order valence-corrected chi connectivity index (χ0v) is 35.2. The van der Waals surface area contributed by atoms with Crippen LogP contribution < -0.4 is 0 Å².